The third-order valence-corrected chi connectivity index (χ3v) is 6.68. The van der Waals surface area contributed by atoms with Crippen LogP contribution in [0, 0.1) is 11.8 Å². The number of alkyl halides is 3. The quantitative estimate of drug-likeness (QED) is 0.423. The van der Waals surface area contributed by atoms with Gasteiger partial charge in [0.05, 0.1) is 0 Å². The van der Waals surface area contributed by atoms with E-state index < -0.39 is 18.6 Å². The van der Waals surface area contributed by atoms with E-state index in [4.69, 9.17) is 0 Å². The second kappa shape index (κ2) is 11.0. The van der Waals surface area contributed by atoms with Gasteiger partial charge in [-0.25, -0.2) is 0 Å². The molecule has 1 heterocycles. The van der Waals surface area contributed by atoms with Gasteiger partial charge in [-0.15, -0.1) is 0 Å². The molecule has 0 amide bonds. The van der Waals surface area contributed by atoms with Crippen LogP contribution < -0.4 is 0 Å². The Labute approximate surface area is 191 Å². The Hall–Kier alpha value is -1.56. The first-order valence-corrected chi connectivity index (χ1v) is 11.9. The summed E-state index contributed by atoms with van der Waals surface area (Å²) < 4.78 is 39.2. The molecule has 32 heavy (non-hydrogen) atoms. The summed E-state index contributed by atoms with van der Waals surface area (Å²) in [6.45, 7) is 11.3. The van der Waals surface area contributed by atoms with Crippen molar-refractivity contribution in [1.29, 1.82) is 0 Å². The zero-order valence-corrected chi connectivity index (χ0v) is 20.2. The lowest BCUT2D eigenvalue weighted by molar-refractivity contribution is -0.141. The van der Waals surface area contributed by atoms with Crippen molar-refractivity contribution in [2.24, 2.45) is 11.8 Å². The molecule has 1 aliphatic heterocycles. The smallest absolute Gasteiger partial charge is 0.389 e. The lowest BCUT2D eigenvalue weighted by Crippen LogP contribution is -2.44. The zero-order valence-electron chi connectivity index (χ0n) is 20.2. The Morgan fingerprint density at radius 3 is 2.22 bits per heavy atom. The van der Waals surface area contributed by atoms with Crippen LogP contribution >= 0.6 is 0 Å². The van der Waals surface area contributed by atoms with Crippen LogP contribution in [-0.4, -0.2) is 34.7 Å². The fraction of sp³-hybridized carbons (Fsp3) is 0.731. The van der Waals surface area contributed by atoms with Gasteiger partial charge in [-0.3, -0.25) is 9.69 Å². The SMILES string of the molecule is CC(C)CCC(CCC(F)(F)F)N1CCC(CC(=O)O)CC1c1ccc(C(C)(C)C)cc1. The highest BCUT2D eigenvalue weighted by Gasteiger charge is 2.37. The molecule has 3 unspecified atom stereocenters. The van der Waals surface area contributed by atoms with Crippen LogP contribution in [0.5, 0.6) is 0 Å². The highest BCUT2D eigenvalue weighted by atomic mass is 19.4. The Morgan fingerprint density at radius 1 is 1.09 bits per heavy atom. The maximum absolute atomic E-state index is 13.1. The summed E-state index contributed by atoms with van der Waals surface area (Å²) in [5.74, 6) is -0.333. The number of aliphatic carboxylic acids is 1. The van der Waals surface area contributed by atoms with E-state index in [2.05, 4.69) is 63.8 Å². The molecule has 1 aliphatic rings. The molecule has 0 aliphatic carbocycles. The Balaban J connectivity index is 2.32. The molecule has 0 spiro atoms. The highest BCUT2D eigenvalue weighted by molar-refractivity contribution is 5.67. The van der Waals surface area contributed by atoms with Crippen LogP contribution in [0.1, 0.15) is 96.7 Å². The maximum atomic E-state index is 13.1. The minimum Gasteiger partial charge on any atom is -0.481 e. The number of nitrogens with zero attached hydrogens (tertiary/aromatic N) is 1. The van der Waals surface area contributed by atoms with E-state index >= 15 is 0 Å². The van der Waals surface area contributed by atoms with Crippen molar-refractivity contribution in [3.63, 3.8) is 0 Å². The van der Waals surface area contributed by atoms with Gasteiger partial charge in [0, 0.05) is 24.9 Å². The number of rotatable bonds is 9. The molecule has 1 saturated heterocycles. The normalized spacial score (nSPS) is 21.7. The third-order valence-electron chi connectivity index (χ3n) is 6.68. The fourth-order valence-corrected chi connectivity index (χ4v) is 4.79. The molecule has 0 radical (unpaired) electrons. The monoisotopic (exact) mass is 455 g/mol. The first-order chi connectivity index (χ1) is 14.8. The van der Waals surface area contributed by atoms with E-state index in [0.717, 1.165) is 18.4 Å². The summed E-state index contributed by atoms with van der Waals surface area (Å²) in [4.78, 5) is 13.6. The van der Waals surface area contributed by atoms with E-state index in [9.17, 15) is 23.1 Å². The zero-order chi connectivity index (χ0) is 24.1. The molecule has 182 valence electrons. The minimum atomic E-state index is -4.17. The van der Waals surface area contributed by atoms with Crippen LogP contribution in [0.4, 0.5) is 13.2 Å². The van der Waals surface area contributed by atoms with Crippen LogP contribution in [0.25, 0.3) is 0 Å². The number of hydrogen-bond donors (Lipinski definition) is 1. The molecule has 1 aromatic rings. The van der Waals surface area contributed by atoms with Crippen molar-refractivity contribution in [2.75, 3.05) is 6.54 Å². The molecule has 0 aromatic heterocycles. The highest BCUT2D eigenvalue weighted by Crippen LogP contribution is 2.40. The number of likely N-dealkylation sites (tertiary alicyclic amines) is 1. The van der Waals surface area contributed by atoms with E-state index in [1.165, 1.54) is 5.56 Å². The standard InChI is InChI=1S/C26H40F3NO2/c1-18(2)6-11-22(12-14-26(27,28)29)30-15-13-19(17-24(31)32)16-23(30)20-7-9-21(10-8-20)25(3,4)5/h7-10,18-19,22-23H,6,11-17H2,1-5H3,(H,31,32). The second-order valence-electron chi connectivity index (χ2n) is 10.9. The predicted octanol–water partition coefficient (Wildman–Crippen LogP) is 7.36. The van der Waals surface area contributed by atoms with Gasteiger partial charge in [-0.2, -0.15) is 13.2 Å². The van der Waals surface area contributed by atoms with E-state index in [0.29, 0.717) is 25.3 Å². The Morgan fingerprint density at radius 2 is 1.72 bits per heavy atom. The van der Waals surface area contributed by atoms with Gasteiger partial charge in [-0.1, -0.05) is 58.9 Å². The van der Waals surface area contributed by atoms with Crippen molar-refractivity contribution in [3.8, 4) is 0 Å². The maximum Gasteiger partial charge on any atom is 0.389 e. The van der Waals surface area contributed by atoms with Crippen molar-refractivity contribution in [3.05, 3.63) is 35.4 Å². The van der Waals surface area contributed by atoms with Gasteiger partial charge < -0.3 is 5.11 Å². The number of halogens is 3. The van der Waals surface area contributed by atoms with Crippen molar-refractivity contribution in [2.45, 2.75) is 103 Å². The molecule has 3 atom stereocenters. The van der Waals surface area contributed by atoms with Gasteiger partial charge in [0.2, 0.25) is 0 Å². The Kier molecular flexibility index (Phi) is 9.21. The lowest BCUT2D eigenvalue weighted by atomic mass is 9.81. The predicted molar refractivity (Wildman–Crippen MR) is 123 cm³/mol. The number of carboxylic acids is 1. The molecule has 1 fully saturated rings. The van der Waals surface area contributed by atoms with E-state index in [1.807, 2.05) is 0 Å². The fourth-order valence-electron chi connectivity index (χ4n) is 4.79. The molecule has 1 aromatic carbocycles. The van der Waals surface area contributed by atoms with E-state index in [1.54, 1.807) is 0 Å². The van der Waals surface area contributed by atoms with Gasteiger partial charge in [0.25, 0.3) is 0 Å². The van der Waals surface area contributed by atoms with Gasteiger partial charge >= 0.3 is 12.1 Å². The minimum absolute atomic E-state index is 0.0170. The van der Waals surface area contributed by atoms with Crippen molar-refractivity contribution >= 4 is 5.97 Å². The van der Waals surface area contributed by atoms with Crippen molar-refractivity contribution < 1.29 is 23.1 Å². The molecule has 6 heteroatoms. The summed E-state index contributed by atoms with van der Waals surface area (Å²) >= 11 is 0. The number of hydrogen-bond acceptors (Lipinski definition) is 2. The number of carboxylic acid groups (broad SMARTS) is 1. The second-order valence-corrected chi connectivity index (χ2v) is 10.9. The molecular weight excluding hydrogens is 415 g/mol. The first kappa shape index (κ1) is 26.7. The average Bonchev–Trinajstić information content (AvgIpc) is 2.66. The molecular formula is C26H40F3NO2. The van der Waals surface area contributed by atoms with Gasteiger partial charge in [-0.05, 0) is 67.0 Å². The average molecular weight is 456 g/mol. The van der Waals surface area contributed by atoms with Crippen molar-refractivity contribution in [1.82, 2.24) is 4.90 Å². The lowest BCUT2D eigenvalue weighted by Gasteiger charge is -2.44. The summed E-state index contributed by atoms with van der Waals surface area (Å²) in [6.07, 6.45) is -1.73. The molecule has 0 bridgehead atoms. The largest absolute Gasteiger partial charge is 0.481 e. The van der Waals surface area contributed by atoms with Gasteiger partial charge in [0.15, 0.2) is 0 Å². The summed E-state index contributed by atoms with van der Waals surface area (Å²) in [5, 5.41) is 9.30. The van der Waals surface area contributed by atoms with Crippen LogP contribution in [0.3, 0.4) is 0 Å². The topological polar surface area (TPSA) is 40.5 Å². The van der Waals surface area contributed by atoms with E-state index in [-0.39, 0.29) is 36.3 Å². The molecule has 1 N–H and O–H groups in total. The Bertz CT molecular complexity index is 722. The summed E-state index contributed by atoms with van der Waals surface area (Å²) in [6, 6.07) is 8.18. The molecule has 0 saturated carbocycles. The third kappa shape index (κ3) is 8.42. The number of benzene rings is 1. The van der Waals surface area contributed by atoms with Crippen LogP contribution in [-0.2, 0) is 10.2 Å². The summed E-state index contributed by atoms with van der Waals surface area (Å²) in [7, 11) is 0. The summed E-state index contributed by atoms with van der Waals surface area (Å²) in [5.41, 5.74) is 2.30. The number of piperidine rings is 1. The first-order valence-electron chi connectivity index (χ1n) is 11.9. The molecule has 2 rings (SSSR count). The van der Waals surface area contributed by atoms with Crippen LogP contribution in [0.15, 0.2) is 24.3 Å². The molecule has 3 nitrogen and oxygen atoms in total. The van der Waals surface area contributed by atoms with Crippen LogP contribution in [0.2, 0.25) is 0 Å². The number of carbonyl (C=O) groups is 1. The van der Waals surface area contributed by atoms with Gasteiger partial charge in [0.1, 0.15) is 0 Å².